The van der Waals surface area contributed by atoms with Crippen LogP contribution in [-0.2, 0) is 16.1 Å². The van der Waals surface area contributed by atoms with Crippen LogP contribution in [0.25, 0.3) is 11.0 Å². The minimum Gasteiger partial charge on any atom is -0.755 e. The molecule has 1 aromatic heterocycles. The number of ether oxygens (including phenoxy) is 2. The van der Waals surface area contributed by atoms with Crippen molar-refractivity contribution >= 4 is 62.6 Å². The van der Waals surface area contributed by atoms with E-state index in [1.807, 2.05) is 37.3 Å². The number of methoxy groups -OCH3 is 2. The molecule has 1 heterocycles. The summed E-state index contributed by atoms with van der Waals surface area (Å²) in [5, 5.41) is 9.06. The fourth-order valence-electron chi connectivity index (χ4n) is 4.28. The fraction of sp³-hybridized carbons (Fsp3) is 0.129. The first-order chi connectivity index (χ1) is 20.8. The highest BCUT2D eigenvalue weighted by molar-refractivity contribution is 7.81. The Morgan fingerprint density at radius 3 is 2.16 bits per heavy atom. The second-order valence-electron chi connectivity index (χ2n) is 9.44. The number of fused-ring (bicyclic) bond motifs is 1. The Hall–Kier alpha value is -5.20. The first-order valence-electron chi connectivity index (χ1n) is 13.2. The molecule has 0 bridgehead atoms. The summed E-state index contributed by atoms with van der Waals surface area (Å²) in [5.41, 5.74) is 4.17. The smallest absolute Gasteiger partial charge is 0.243 e. The number of carbonyl (C=O) groups excluding carboxylic acids is 1. The molecule has 0 saturated heterocycles. The summed E-state index contributed by atoms with van der Waals surface area (Å²) in [5.74, 6) is 0.962. The van der Waals surface area contributed by atoms with E-state index in [1.165, 1.54) is 14.2 Å². The molecule has 1 amide bonds. The van der Waals surface area contributed by atoms with Gasteiger partial charge in [0.25, 0.3) is 0 Å². The fourth-order valence-corrected chi connectivity index (χ4v) is 4.83. The molecule has 1 atom stereocenters. The number of amides is 1. The first-order valence-corrected chi connectivity index (χ1v) is 14.2. The van der Waals surface area contributed by atoms with Crippen LogP contribution in [0.4, 0.5) is 34.4 Å². The maximum absolute atomic E-state index is 12.8. The number of anilines is 6. The molecule has 11 nitrogen and oxygen atoms in total. The van der Waals surface area contributed by atoms with E-state index in [-0.39, 0.29) is 29.8 Å². The molecule has 0 aliphatic carbocycles. The van der Waals surface area contributed by atoms with Crippen LogP contribution in [0.15, 0.2) is 91.0 Å². The van der Waals surface area contributed by atoms with Gasteiger partial charge < -0.3 is 30.0 Å². The van der Waals surface area contributed by atoms with Crippen LogP contribution in [0.2, 0.25) is 0 Å². The van der Waals surface area contributed by atoms with Crippen LogP contribution >= 0.6 is 0 Å². The standard InChI is InChI=1S/C31H30N6O5S/c1-20-11-13-21(14-12-20)32-19-29(38)33-22-7-6-8-24(15-22)37(43(39)40)31-30(35-27-9-4-5-10-28(27)36-31)34-23-16-25(41-2)18-26(17-23)42-3/h4-18,32H,19H2,1-3H3,(H,33,38)(H,34,35)(H,39,40)/p-1. The van der Waals surface area contributed by atoms with Crippen molar-refractivity contribution in [2.45, 2.75) is 6.92 Å². The normalized spacial score (nSPS) is 11.4. The largest absolute Gasteiger partial charge is 0.755 e. The van der Waals surface area contributed by atoms with Gasteiger partial charge in [-0.25, -0.2) is 9.97 Å². The predicted octanol–water partition coefficient (Wildman–Crippen LogP) is 5.68. The van der Waals surface area contributed by atoms with Gasteiger partial charge in [-0.05, 0) is 49.4 Å². The molecule has 0 saturated carbocycles. The SMILES string of the molecule is COc1cc(Nc2nc3ccccc3nc2N(c2cccc(NC(=O)CNc3ccc(C)cc3)c2)S(=O)[O-])cc(OC)c1. The average molecular weight is 598 g/mol. The molecule has 0 spiro atoms. The molecule has 220 valence electrons. The van der Waals surface area contributed by atoms with Crippen LogP contribution in [0.5, 0.6) is 11.5 Å². The number of para-hydroxylation sites is 2. The van der Waals surface area contributed by atoms with Gasteiger partial charge >= 0.3 is 0 Å². The van der Waals surface area contributed by atoms with Gasteiger partial charge in [-0.3, -0.25) is 13.3 Å². The summed E-state index contributed by atoms with van der Waals surface area (Å²) < 4.78 is 37.3. The quantitative estimate of drug-likeness (QED) is 0.164. The molecule has 3 N–H and O–H groups in total. The number of aromatic nitrogens is 2. The summed E-state index contributed by atoms with van der Waals surface area (Å²) >= 11 is -2.81. The van der Waals surface area contributed by atoms with Crippen molar-refractivity contribution in [3.63, 3.8) is 0 Å². The zero-order chi connectivity index (χ0) is 30.3. The van der Waals surface area contributed by atoms with E-state index in [2.05, 4.69) is 20.9 Å². The molecule has 12 heteroatoms. The lowest BCUT2D eigenvalue weighted by atomic mass is 10.2. The van der Waals surface area contributed by atoms with Crippen molar-refractivity contribution in [1.29, 1.82) is 0 Å². The molecule has 5 rings (SSSR count). The maximum atomic E-state index is 12.8. The van der Waals surface area contributed by atoms with Gasteiger partial charge in [0.15, 0.2) is 11.6 Å². The van der Waals surface area contributed by atoms with Gasteiger partial charge in [-0.1, -0.05) is 35.9 Å². The third kappa shape index (κ3) is 7.18. The Kier molecular flexibility index (Phi) is 8.99. The minimum absolute atomic E-state index is 0.0262. The summed E-state index contributed by atoms with van der Waals surface area (Å²) in [7, 11) is 3.07. The Labute approximate surface area is 251 Å². The molecule has 5 aromatic rings. The zero-order valence-electron chi connectivity index (χ0n) is 23.7. The van der Waals surface area contributed by atoms with E-state index < -0.39 is 11.3 Å². The molecular weight excluding hydrogens is 568 g/mol. The van der Waals surface area contributed by atoms with Gasteiger partial charge in [0.05, 0.1) is 48.8 Å². The van der Waals surface area contributed by atoms with Crippen LogP contribution < -0.4 is 29.7 Å². The average Bonchev–Trinajstić information content (AvgIpc) is 3.01. The van der Waals surface area contributed by atoms with Crippen molar-refractivity contribution in [2.75, 3.05) is 41.0 Å². The van der Waals surface area contributed by atoms with Gasteiger partial charge in [-0.2, -0.15) is 0 Å². The lowest BCUT2D eigenvalue weighted by molar-refractivity contribution is -0.114. The van der Waals surface area contributed by atoms with Crippen LogP contribution in [0.3, 0.4) is 0 Å². The third-order valence-corrected chi connectivity index (χ3v) is 7.06. The number of hydrogen-bond acceptors (Lipinski definition) is 9. The van der Waals surface area contributed by atoms with Crippen LogP contribution in [0, 0.1) is 6.92 Å². The number of benzene rings is 4. The van der Waals surface area contributed by atoms with E-state index >= 15 is 0 Å². The zero-order valence-corrected chi connectivity index (χ0v) is 24.5. The minimum atomic E-state index is -2.81. The lowest BCUT2D eigenvalue weighted by Gasteiger charge is -2.27. The maximum Gasteiger partial charge on any atom is 0.243 e. The number of nitrogens with zero attached hydrogens (tertiary/aromatic N) is 3. The number of hydrogen-bond donors (Lipinski definition) is 3. The number of nitrogens with one attached hydrogen (secondary N) is 3. The molecular formula is C31H29N6O5S-. The summed E-state index contributed by atoms with van der Waals surface area (Å²) in [4.78, 5) is 22.0. The van der Waals surface area contributed by atoms with Crippen LogP contribution in [0.1, 0.15) is 5.56 Å². The Morgan fingerprint density at radius 1 is 0.837 bits per heavy atom. The van der Waals surface area contributed by atoms with E-state index in [9.17, 15) is 13.6 Å². The molecule has 0 radical (unpaired) electrons. The molecule has 0 fully saturated rings. The third-order valence-electron chi connectivity index (χ3n) is 6.38. The van der Waals surface area contributed by atoms with Gasteiger partial charge in [0.1, 0.15) is 11.5 Å². The first kappa shape index (κ1) is 29.3. The number of aryl methyl sites for hydroxylation is 1. The molecule has 4 aromatic carbocycles. The second-order valence-corrected chi connectivity index (χ2v) is 10.2. The van der Waals surface area contributed by atoms with Crippen molar-refractivity contribution in [2.24, 2.45) is 0 Å². The molecule has 0 aliphatic heterocycles. The highest BCUT2D eigenvalue weighted by Crippen LogP contribution is 2.36. The number of rotatable bonds is 11. The topological polar surface area (TPSA) is 141 Å². The van der Waals surface area contributed by atoms with E-state index in [4.69, 9.17) is 14.5 Å². The summed E-state index contributed by atoms with van der Waals surface area (Å²) in [6.45, 7) is 2.01. The predicted molar refractivity (Wildman–Crippen MR) is 168 cm³/mol. The van der Waals surface area contributed by atoms with Crippen molar-refractivity contribution in [1.82, 2.24) is 9.97 Å². The van der Waals surface area contributed by atoms with Crippen molar-refractivity contribution in [3.8, 4) is 11.5 Å². The van der Waals surface area contributed by atoms with E-state index in [0.29, 0.717) is 33.9 Å². The highest BCUT2D eigenvalue weighted by Gasteiger charge is 2.21. The number of carbonyl (C=O) groups is 1. The summed E-state index contributed by atoms with van der Waals surface area (Å²) in [6.07, 6.45) is 0. The van der Waals surface area contributed by atoms with Gasteiger partial charge in [0.2, 0.25) is 5.91 Å². The molecule has 0 aliphatic rings. The molecule has 43 heavy (non-hydrogen) atoms. The van der Waals surface area contributed by atoms with Crippen molar-refractivity contribution < 1.29 is 23.0 Å². The molecule has 1 unspecified atom stereocenters. The second kappa shape index (κ2) is 13.2. The van der Waals surface area contributed by atoms with Gasteiger partial charge in [-0.15, -0.1) is 0 Å². The monoisotopic (exact) mass is 597 g/mol. The Balaban J connectivity index is 1.47. The lowest BCUT2D eigenvalue weighted by Crippen LogP contribution is -2.24. The Bertz CT molecular complexity index is 1760. The highest BCUT2D eigenvalue weighted by atomic mass is 32.2. The van der Waals surface area contributed by atoms with Gasteiger partial charge in [0, 0.05) is 35.3 Å². The van der Waals surface area contributed by atoms with E-state index in [1.54, 1.807) is 60.7 Å². The summed E-state index contributed by atoms with van der Waals surface area (Å²) in [6, 6.07) is 26.5. The van der Waals surface area contributed by atoms with E-state index in [0.717, 1.165) is 15.6 Å². The van der Waals surface area contributed by atoms with Crippen LogP contribution in [-0.4, -0.2) is 45.4 Å². The Morgan fingerprint density at radius 2 is 1.51 bits per heavy atom. The van der Waals surface area contributed by atoms with Crippen molar-refractivity contribution in [3.05, 3.63) is 96.6 Å².